The monoisotopic (exact) mass is 260 g/mol. The molecule has 1 saturated heterocycles. The molecule has 0 bridgehead atoms. The van der Waals surface area contributed by atoms with E-state index in [0.29, 0.717) is 6.54 Å². The summed E-state index contributed by atoms with van der Waals surface area (Å²) in [5, 5.41) is 5.32. The van der Waals surface area contributed by atoms with Gasteiger partial charge >= 0.3 is 6.03 Å². The number of aromatic nitrogens is 2. The zero-order valence-electron chi connectivity index (χ0n) is 10.6. The average molecular weight is 260 g/mol. The molecule has 1 fully saturated rings. The lowest BCUT2D eigenvalue weighted by Gasteiger charge is -2.25. The van der Waals surface area contributed by atoms with E-state index in [2.05, 4.69) is 10.00 Å². The van der Waals surface area contributed by atoms with Gasteiger partial charge in [0.15, 0.2) is 0 Å². The molecule has 100 valence electrons. The molecule has 2 aromatic rings. The third kappa shape index (κ3) is 2.32. The molecule has 19 heavy (non-hydrogen) atoms. The fourth-order valence-electron chi connectivity index (χ4n) is 2.39. The molecule has 0 saturated carbocycles. The van der Waals surface area contributed by atoms with Crippen molar-refractivity contribution in [2.75, 3.05) is 26.3 Å². The van der Waals surface area contributed by atoms with Crippen LogP contribution in [0.1, 0.15) is 5.69 Å². The van der Waals surface area contributed by atoms with E-state index in [4.69, 9.17) is 10.5 Å². The summed E-state index contributed by atoms with van der Waals surface area (Å²) in [6, 6.07) is 7.09. The number of fused-ring (bicyclic) bond motifs is 1. The molecular formula is C13H16N4O2. The van der Waals surface area contributed by atoms with Crippen molar-refractivity contribution >= 4 is 16.9 Å². The summed E-state index contributed by atoms with van der Waals surface area (Å²) in [7, 11) is 0. The summed E-state index contributed by atoms with van der Waals surface area (Å²) in [4.78, 5) is 13.7. The zero-order chi connectivity index (χ0) is 13.2. The first kappa shape index (κ1) is 12.1. The van der Waals surface area contributed by atoms with Gasteiger partial charge in [-0.3, -0.25) is 4.90 Å². The summed E-state index contributed by atoms with van der Waals surface area (Å²) in [5.74, 6) is 0. The van der Waals surface area contributed by atoms with E-state index in [1.165, 1.54) is 4.68 Å². The maximum Gasteiger partial charge on any atom is 0.340 e. The first-order valence-electron chi connectivity index (χ1n) is 6.32. The van der Waals surface area contributed by atoms with Gasteiger partial charge in [-0.25, -0.2) is 4.79 Å². The molecule has 6 heteroatoms. The highest BCUT2D eigenvalue weighted by atomic mass is 16.5. The number of rotatable bonds is 2. The molecule has 1 aliphatic rings. The smallest absolute Gasteiger partial charge is 0.340 e. The highest BCUT2D eigenvalue weighted by Gasteiger charge is 2.17. The summed E-state index contributed by atoms with van der Waals surface area (Å²) in [5.41, 5.74) is 7.00. The second-order valence-corrected chi connectivity index (χ2v) is 4.60. The number of ether oxygens (including phenoxy) is 1. The van der Waals surface area contributed by atoms with Crippen molar-refractivity contribution in [1.29, 1.82) is 0 Å². The molecule has 3 rings (SSSR count). The maximum atomic E-state index is 11.4. The largest absolute Gasteiger partial charge is 0.379 e. The van der Waals surface area contributed by atoms with Crippen LogP contribution in [0.2, 0.25) is 0 Å². The van der Waals surface area contributed by atoms with Gasteiger partial charge in [-0.15, -0.1) is 0 Å². The molecule has 2 heterocycles. The number of primary amides is 1. The van der Waals surface area contributed by atoms with Crippen molar-refractivity contribution in [3.63, 3.8) is 0 Å². The molecule has 1 aliphatic heterocycles. The number of carbonyl (C=O) groups excluding carboxylic acids is 1. The van der Waals surface area contributed by atoms with Crippen LogP contribution >= 0.6 is 0 Å². The highest BCUT2D eigenvalue weighted by molar-refractivity contribution is 5.90. The Bertz CT molecular complexity index is 602. The highest BCUT2D eigenvalue weighted by Crippen LogP contribution is 2.19. The SMILES string of the molecule is NC(=O)n1nc(CN2CCOCC2)c2ccccc21. The first-order valence-corrected chi connectivity index (χ1v) is 6.32. The van der Waals surface area contributed by atoms with E-state index in [0.717, 1.165) is 42.9 Å². The Kier molecular flexibility index (Phi) is 3.18. The van der Waals surface area contributed by atoms with E-state index in [9.17, 15) is 4.79 Å². The molecular weight excluding hydrogens is 244 g/mol. The molecule has 0 unspecified atom stereocenters. The number of carbonyl (C=O) groups is 1. The van der Waals surface area contributed by atoms with Crippen LogP contribution in [0.15, 0.2) is 24.3 Å². The molecule has 1 aromatic carbocycles. The van der Waals surface area contributed by atoms with Gasteiger partial charge in [-0.05, 0) is 6.07 Å². The molecule has 2 N–H and O–H groups in total. The number of hydrogen-bond donors (Lipinski definition) is 1. The lowest BCUT2D eigenvalue weighted by Crippen LogP contribution is -2.35. The maximum absolute atomic E-state index is 11.4. The Hall–Kier alpha value is -1.92. The minimum Gasteiger partial charge on any atom is -0.379 e. The predicted molar refractivity (Wildman–Crippen MR) is 70.8 cm³/mol. The number of hydrogen-bond acceptors (Lipinski definition) is 4. The van der Waals surface area contributed by atoms with Gasteiger partial charge in [0, 0.05) is 25.0 Å². The van der Waals surface area contributed by atoms with Crippen LogP contribution in [0.3, 0.4) is 0 Å². The lowest BCUT2D eigenvalue weighted by molar-refractivity contribution is 0.0337. The van der Waals surface area contributed by atoms with Crippen molar-refractivity contribution in [2.45, 2.75) is 6.54 Å². The minimum absolute atomic E-state index is 0.551. The predicted octanol–water partition coefficient (Wildman–Crippen LogP) is 0.795. The molecule has 1 amide bonds. The summed E-state index contributed by atoms with van der Waals surface area (Å²) in [6.45, 7) is 3.97. The molecule has 0 spiro atoms. The fraction of sp³-hybridized carbons (Fsp3) is 0.385. The van der Waals surface area contributed by atoms with Gasteiger partial charge in [0.25, 0.3) is 0 Å². The molecule has 0 aliphatic carbocycles. The van der Waals surface area contributed by atoms with Crippen molar-refractivity contribution in [3.05, 3.63) is 30.0 Å². The normalized spacial score (nSPS) is 16.8. The van der Waals surface area contributed by atoms with Gasteiger partial charge < -0.3 is 10.5 Å². The Morgan fingerprint density at radius 3 is 2.79 bits per heavy atom. The Labute approximate surface area is 110 Å². The van der Waals surface area contributed by atoms with Crippen LogP contribution in [0, 0.1) is 0 Å². The van der Waals surface area contributed by atoms with Crippen LogP contribution in [-0.2, 0) is 11.3 Å². The molecule has 0 radical (unpaired) electrons. The molecule has 0 atom stereocenters. The quantitative estimate of drug-likeness (QED) is 0.866. The third-order valence-electron chi connectivity index (χ3n) is 3.35. The van der Waals surface area contributed by atoms with Crippen molar-refractivity contribution in [3.8, 4) is 0 Å². The van der Waals surface area contributed by atoms with Crippen LogP contribution < -0.4 is 5.73 Å². The number of nitrogens with zero attached hydrogens (tertiary/aromatic N) is 3. The van der Waals surface area contributed by atoms with Crippen LogP contribution in [0.4, 0.5) is 4.79 Å². The zero-order valence-corrected chi connectivity index (χ0v) is 10.6. The third-order valence-corrected chi connectivity index (χ3v) is 3.35. The van der Waals surface area contributed by atoms with E-state index in [1.54, 1.807) is 0 Å². The Morgan fingerprint density at radius 2 is 2.05 bits per heavy atom. The Balaban J connectivity index is 1.96. The van der Waals surface area contributed by atoms with Gasteiger partial charge in [-0.2, -0.15) is 9.78 Å². The van der Waals surface area contributed by atoms with Gasteiger partial charge in [0.2, 0.25) is 0 Å². The lowest BCUT2D eigenvalue weighted by atomic mass is 10.2. The summed E-state index contributed by atoms with van der Waals surface area (Å²) in [6.07, 6.45) is 0. The van der Waals surface area contributed by atoms with Gasteiger partial charge in [-0.1, -0.05) is 18.2 Å². The van der Waals surface area contributed by atoms with E-state index in [1.807, 2.05) is 24.3 Å². The number of nitrogens with two attached hydrogens (primary N) is 1. The number of amides is 1. The summed E-state index contributed by atoms with van der Waals surface area (Å²) < 4.78 is 6.60. The molecule has 6 nitrogen and oxygen atoms in total. The second-order valence-electron chi connectivity index (χ2n) is 4.60. The van der Waals surface area contributed by atoms with Crippen molar-refractivity contribution in [1.82, 2.24) is 14.7 Å². The topological polar surface area (TPSA) is 73.4 Å². The second kappa shape index (κ2) is 4.99. The van der Waals surface area contributed by atoms with Crippen LogP contribution in [0.25, 0.3) is 10.9 Å². The van der Waals surface area contributed by atoms with E-state index < -0.39 is 6.03 Å². The fourth-order valence-corrected chi connectivity index (χ4v) is 2.39. The van der Waals surface area contributed by atoms with Gasteiger partial charge in [0.1, 0.15) is 0 Å². The standard InChI is InChI=1S/C13H16N4O2/c14-13(18)17-12-4-2-1-3-10(12)11(15-17)9-16-5-7-19-8-6-16/h1-4H,5-9H2,(H2,14,18). The number of benzene rings is 1. The van der Waals surface area contributed by atoms with Crippen LogP contribution in [-0.4, -0.2) is 47.0 Å². The molecule has 1 aromatic heterocycles. The Morgan fingerprint density at radius 1 is 1.32 bits per heavy atom. The van der Waals surface area contributed by atoms with E-state index in [-0.39, 0.29) is 0 Å². The first-order chi connectivity index (χ1) is 9.25. The van der Waals surface area contributed by atoms with Gasteiger partial charge in [0.05, 0.1) is 24.4 Å². The van der Waals surface area contributed by atoms with Crippen LogP contribution in [0.5, 0.6) is 0 Å². The number of para-hydroxylation sites is 1. The average Bonchev–Trinajstić information content (AvgIpc) is 2.79. The summed E-state index contributed by atoms with van der Waals surface area (Å²) >= 11 is 0. The van der Waals surface area contributed by atoms with E-state index >= 15 is 0 Å². The van der Waals surface area contributed by atoms with Crippen molar-refractivity contribution in [2.24, 2.45) is 5.73 Å². The number of morpholine rings is 1. The van der Waals surface area contributed by atoms with Crippen molar-refractivity contribution < 1.29 is 9.53 Å². The minimum atomic E-state index is -0.551.